The molecule has 2 unspecified atom stereocenters. The first kappa shape index (κ1) is 14.5. The molecule has 1 fully saturated rings. The van der Waals surface area contributed by atoms with Crippen LogP contribution in [0.4, 0.5) is 0 Å². The van der Waals surface area contributed by atoms with Crippen molar-refractivity contribution < 1.29 is 4.79 Å². The van der Waals surface area contributed by atoms with Gasteiger partial charge >= 0.3 is 0 Å². The molecule has 100 valence electrons. The minimum absolute atomic E-state index is 0.0258. The summed E-state index contributed by atoms with van der Waals surface area (Å²) in [5.41, 5.74) is 0.0762. The summed E-state index contributed by atoms with van der Waals surface area (Å²) in [7, 11) is 0. The molecular formula is C14H28N2O. The van der Waals surface area contributed by atoms with Gasteiger partial charge in [-0.25, -0.2) is 0 Å². The van der Waals surface area contributed by atoms with E-state index in [1.54, 1.807) is 0 Å². The van der Waals surface area contributed by atoms with E-state index >= 15 is 0 Å². The molecule has 3 nitrogen and oxygen atoms in total. The Morgan fingerprint density at radius 1 is 1.47 bits per heavy atom. The number of amides is 1. The predicted molar refractivity (Wildman–Crippen MR) is 71.9 cm³/mol. The van der Waals surface area contributed by atoms with E-state index in [0.717, 1.165) is 32.2 Å². The van der Waals surface area contributed by atoms with Crippen LogP contribution in [0.15, 0.2) is 0 Å². The number of carbonyl (C=O) groups excluding carboxylic acids is 1. The highest BCUT2D eigenvalue weighted by molar-refractivity contribution is 5.83. The summed E-state index contributed by atoms with van der Waals surface area (Å²) in [6.07, 6.45) is 5.52. The number of carbonyl (C=O) groups is 1. The number of piperidine rings is 1. The Kier molecular flexibility index (Phi) is 5.44. The third kappa shape index (κ3) is 3.98. The maximum absolute atomic E-state index is 12.3. The number of nitrogens with one attached hydrogen (secondary N) is 2. The second kappa shape index (κ2) is 6.39. The van der Waals surface area contributed by atoms with Gasteiger partial charge in [0.2, 0.25) is 5.91 Å². The molecule has 2 N–H and O–H groups in total. The summed E-state index contributed by atoms with van der Waals surface area (Å²) in [6, 6.07) is 0.314. The summed E-state index contributed by atoms with van der Waals surface area (Å²) in [4.78, 5) is 12.3. The highest BCUT2D eigenvalue weighted by Gasteiger charge is 2.37. The number of hydrogen-bond donors (Lipinski definition) is 2. The predicted octanol–water partition coefficient (Wildman–Crippen LogP) is 2.46. The van der Waals surface area contributed by atoms with Gasteiger partial charge in [0.1, 0.15) is 0 Å². The van der Waals surface area contributed by atoms with Crippen molar-refractivity contribution in [2.75, 3.05) is 6.54 Å². The second-order valence-electron chi connectivity index (χ2n) is 5.88. The fourth-order valence-corrected chi connectivity index (χ4v) is 2.67. The van der Waals surface area contributed by atoms with Crippen molar-refractivity contribution in [3.05, 3.63) is 0 Å². The molecule has 1 aliphatic heterocycles. The highest BCUT2D eigenvalue weighted by Crippen LogP contribution is 2.30. The normalized spacial score (nSPS) is 25.3. The monoisotopic (exact) mass is 240 g/mol. The van der Waals surface area contributed by atoms with Gasteiger partial charge in [0, 0.05) is 6.04 Å². The molecule has 1 rings (SSSR count). The lowest BCUT2D eigenvalue weighted by Gasteiger charge is -2.39. The smallest absolute Gasteiger partial charge is 0.237 e. The molecule has 3 heteroatoms. The Morgan fingerprint density at radius 2 is 2.18 bits per heavy atom. The summed E-state index contributed by atoms with van der Waals surface area (Å²) >= 11 is 0. The van der Waals surface area contributed by atoms with Crippen LogP contribution in [0.1, 0.15) is 59.8 Å². The minimum atomic E-state index is -0.0258. The van der Waals surface area contributed by atoms with E-state index in [-0.39, 0.29) is 17.4 Å². The van der Waals surface area contributed by atoms with Crippen molar-refractivity contribution in [1.82, 2.24) is 10.6 Å². The maximum atomic E-state index is 12.3. The lowest BCUT2D eigenvalue weighted by Crippen LogP contribution is -2.57. The SMILES string of the molecule is CCCC(CC)NC(=O)C1NCCCC1(C)C. The van der Waals surface area contributed by atoms with Gasteiger partial charge < -0.3 is 10.6 Å². The molecule has 17 heavy (non-hydrogen) atoms. The average Bonchev–Trinajstić information content (AvgIpc) is 2.27. The molecule has 0 aromatic rings. The Hall–Kier alpha value is -0.570. The van der Waals surface area contributed by atoms with Crippen molar-refractivity contribution in [3.8, 4) is 0 Å². The second-order valence-corrected chi connectivity index (χ2v) is 5.88. The lowest BCUT2D eigenvalue weighted by molar-refractivity contribution is -0.127. The quantitative estimate of drug-likeness (QED) is 0.775. The van der Waals surface area contributed by atoms with E-state index < -0.39 is 0 Å². The van der Waals surface area contributed by atoms with Gasteiger partial charge in [-0.15, -0.1) is 0 Å². The molecule has 0 spiro atoms. The van der Waals surface area contributed by atoms with Crippen molar-refractivity contribution >= 4 is 5.91 Å². The minimum Gasteiger partial charge on any atom is -0.352 e. The maximum Gasteiger partial charge on any atom is 0.237 e. The zero-order valence-corrected chi connectivity index (χ0v) is 11.8. The van der Waals surface area contributed by atoms with Gasteiger partial charge in [-0.1, -0.05) is 34.1 Å². The molecule has 0 aromatic heterocycles. The van der Waals surface area contributed by atoms with E-state index in [1.165, 1.54) is 6.42 Å². The molecule has 1 aliphatic rings. The van der Waals surface area contributed by atoms with Crippen LogP contribution in [-0.2, 0) is 4.79 Å². The van der Waals surface area contributed by atoms with Gasteiger partial charge in [-0.2, -0.15) is 0 Å². The molecule has 0 aliphatic carbocycles. The Bertz CT molecular complexity index is 251. The molecule has 0 bridgehead atoms. The van der Waals surface area contributed by atoms with E-state index in [1.807, 2.05) is 0 Å². The van der Waals surface area contributed by atoms with Gasteiger partial charge in [0.25, 0.3) is 0 Å². The molecule has 2 atom stereocenters. The van der Waals surface area contributed by atoms with Crippen LogP contribution in [-0.4, -0.2) is 24.5 Å². The Balaban J connectivity index is 2.55. The van der Waals surface area contributed by atoms with Crippen LogP contribution in [0, 0.1) is 5.41 Å². The highest BCUT2D eigenvalue weighted by atomic mass is 16.2. The molecule has 1 amide bonds. The fourth-order valence-electron chi connectivity index (χ4n) is 2.67. The molecule has 0 aromatic carbocycles. The van der Waals surface area contributed by atoms with Crippen LogP contribution in [0.2, 0.25) is 0 Å². The summed E-state index contributed by atoms with van der Waals surface area (Å²) in [5, 5.41) is 6.56. The van der Waals surface area contributed by atoms with Crippen LogP contribution < -0.4 is 10.6 Å². The summed E-state index contributed by atoms with van der Waals surface area (Å²) in [5.74, 6) is 0.190. The van der Waals surface area contributed by atoms with E-state index in [0.29, 0.717) is 6.04 Å². The standard InChI is InChI=1S/C14H28N2O/c1-5-8-11(6-2)16-13(17)12-14(3,4)9-7-10-15-12/h11-12,15H,5-10H2,1-4H3,(H,16,17). The fraction of sp³-hybridized carbons (Fsp3) is 0.929. The van der Waals surface area contributed by atoms with Gasteiger partial charge in [0.05, 0.1) is 6.04 Å². The largest absolute Gasteiger partial charge is 0.352 e. The van der Waals surface area contributed by atoms with Gasteiger partial charge in [0.15, 0.2) is 0 Å². The Labute approximate surface area is 106 Å². The lowest BCUT2D eigenvalue weighted by atomic mass is 9.77. The molecule has 1 heterocycles. The van der Waals surface area contributed by atoms with Gasteiger partial charge in [-0.05, 0) is 37.6 Å². The number of hydrogen-bond acceptors (Lipinski definition) is 2. The van der Waals surface area contributed by atoms with Crippen molar-refractivity contribution in [2.45, 2.75) is 71.9 Å². The van der Waals surface area contributed by atoms with Crippen molar-refractivity contribution in [2.24, 2.45) is 5.41 Å². The van der Waals surface area contributed by atoms with Crippen LogP contribution in [0.5, 0.6) is 0 Å². The molecule has 1 saturated heterocycles. The Morgan fingerprint density at radius 3 is 2.71 bits per heavy atom. The van der Waals surface area contributed by atoms with E-state index in [9.17, 15) is 4.79 Å². The van der Waals surface area contributed by atoms with Crippen LogP contribution >= 0.6 is 0 Å². The zero-order valence-electron chi connectivity index (χ0n) is 11.8. The summed E-state index contributed by atoms with van der Waals surface area (Å²) < 4.78 is 0. The van der Waals surface area contributed by atoms with Crippen molar-refractivity contribution in [3.63, 3.8) is 0 Å². The van der Waals surface area contributed by atoms with Crippen LogP contribution in [0.25, 0.3) is 0 Å². The first-order valence-electron chi connectivity index (χ1n) is 7.05. The van der Waals surface area contributed by atoms with Crippen molar-refractivity contribution in [1.29, 1.82) is 0 Å². The third-order valence-corrected chi connectivity index (χ3v) is 3.87. The third-order valence-electron chi connectivity index (χ3n) is 3.87. The molecule has 0 radical (unpaired) electrons. The molecular weight excluding hydrogens is 212 g/mol. The number of rotatable bonds is 5. The summed E-state index contributed by atoms with van der Waals surface area (Å²) in [6.45, 7) is 9.64. The van der Waals surface area contributed by atoms with E-state index in [4.69, 9.17) is 0 Å². The van der Waals surface area contributed by atoms with Gasteiger partial charge in [-0.3, -0.25) is 4.79 Å². The topological polar surface area (TPSA) is 41.1 Å². The first-order valence-corrected chi connectivity index (χ1v) is 7.05. The molecule has 0 saturated carbocycles. The first-order chi connectivity index (χ1) is 8.01. The van der Waals surface area contributed by atoms with Crippen LogP contribution in [0.3, 0.4) is 0 Å². The average molecular weight is 240 g/mol. The van der Waals surface area contributed by atoms with E-state index in [2.05, 4.69) is 38.3 Å². The zero-order chi connectivity index (χ0) is 12.9.